The largest absolute Gasteiger partial charge is 0.493 e. The van der Waals surface area contributed by atoms with E-state index in [-0.39, 0.29) is 12.3 Å². The number of carbonyl (C=O) groups is 1. The highest BCUT2D eigenvalue weighted by Gasteiger charge is 2.05. The number of amides is 1. The summed E-state index contributed by atoms with van der Waals surface area (Å²) in [5, 5.41) is 5.86. The number of ether oxygens (including phenoxy) is 2. The lowest BCUT2D eigenvalue weighted by atomic mass is 10.1. The molecule has 2 rings (SSSR count). The van der Waals surface area contributed by atoms with Gasteiger partial charge in [-0.3, -0.25) is 9.79 Å². The molecular formula is C20H25BrN4O3. The average Bonchev–Trinajstić information content (AvgIpc) is 2.69. The number of aliphatic imine (C=N–C) groups is 1. The average molecular weight is 449 g/mol. The summed E-state index contributed by atoms with van der Waals surface area (Å²) in [5.74, 6) is 1.60. The zero-order valence-electron chi connectivity index (χ0n) is 16.0. The number of guanidine groups is 1. The molecule has 8 heteroatoms. The first kappa shape index (κ1) is 21.6. The van der Waals surface area contributed by atoms with Gasteiger partial charge in [0, 0.05) is 23.1 Å². The molecule has 0 aliphatic heterocycles. The quantitative estimate of drug-likeness (QED) is 0.404. The molecule has 4 N–H and O–H groups in total. The SMILES string of the molecule is COc1ccc(CCNC(N)=NCCC(=O)Nc2ccc(Br)cc2)cc1OC. The van der Waals surface area contributed by atoms with Crippen molar-refractivity contribution in [2.75, 3.05) is 32.6 Å². The maximum Gasteiger partial charge on any atom is 0.226 e. The van der Waals surface area contributed by atoms with Crippen LogP contribution in [0.1, 0.15) is 12.0 Å². The molecular weight excluding hydrogens is 424 g/mol. The highest BCUT2D eigenvalue weighted by molar-refractivity contribution is 9.10. The standard InChI is InChI=1S/C20H25BrN4O3/c1-27-17-8-3-14(13-18(17)28-2)9-11-23-20(22)24-12-10-19(26)25-16-6-4-15(21)5-7-16/h3-8,13H,9-12H2,1-2H3,(H,25,26)(H3,22,23,24). The summed E-state index contributed by atoms with van der Waals surface area (Å²) in [7, 11) is 3.22. The van der Waals surface area contributed by atoms with Crippen LogP contribution in [0.3, 0.4) is 0 Å². The van der Waals surface area contributed by atoms with Gasteiger partial charge in [-0.25, -0.2) is 0 Å². The number of hydrogen-bond donors (Lipinski definition) is 3. The van der Waals surface area contributed by atoms with Crippen molar-refractivity contribution in [1.29, 1.82) is 0 Å². The first-order valence-corrected chi connectivity index (χ1v) is 9.61. The van der Waals surface area contributed by atoms with Crippen LogP contribution in [-0.4, -0.2) is 39.2 Å². The Balaban J connectivity index is 1.71. The van der Waals surface area contributed by atoms with Crippen molar-refractivity contribution in [2.45, 2.75) is 12.8 Å². The molecule has 0 fully saturated rings. The molecule has 0 unspecified atom stereocenters. The van der Waals surface area contributed by atoms with E-state index in [9.17, 15) is 4.79 Å². The second-order valence-electron chi connectivity index (χ2n) is 5.94. The van der Waals surface area contributed by atoms with Crippen molar-refractivity contribution < 1.29 is 14.3 Å². The molecule has 0 saturated heterocycles. The van der Waals surface area contributed by atoms with Crippen molar-refractivity contribution in [3.05, 3.63) is 52.5 Å². The fourth-order valence-electron chi connectivity index (χ4n) is 2.46. The smallest absolute Gasteiger partial charge is 0.226 e. The van der Waals surface area contributed by atoms with Crippen LogP contribution in [0.4, 0.5) is 5.69 Å². The van der Waals surface area contributed by atoms with Gasteiger partial charge in [-0.15, -0.1) is 0 Å². The number of methoxy groups -OCH3 is 2. The topological polar surface area (TPSA) is 98.0 Å². The van der Waals surface area contributed by atoms with Crippen LogP contribution in [0.25, 0.3) is 0 Å². The number of halogens is 1. The summed E-state index contributed by atoms with van der Waals surface area (Å²) in [4.78, 5) is 16.1. The van der Waals surface area contributed by atoms with Crippen molar-refractivity contribution in [2.24, 2.45) is 10.7 Å². The summed E-state index contributed by atoms with van der Waals surface area (Å²) in [6.07, 6.45) is 1.01. The van der Waals surface area contributed by atoms with Gasteiger partial charge < -0.3 is 25.8 Å². The number of hydrogen-bond acceptors (Lipinski definition) is 4. The predicted molar refractivity (Wildman–Crippen MR) is 115 cm³/mol. The molecule has 0 bridgehead atoms. The van der Waals surface area contributed by atoms with Crippen molar-refractivity contribution in [3.63, 3.8) is 0 Å². The van der Waals surface area contributed by atoms with E-state index in [2.05, 4.69) is 31.6 Å². The van der Waals surface area contributed by atoms with Crippen molar-refractivity contribution >= 4 is 33.5 Å². The summed E-state index contributed by atoms with van der Waals surface area (Å²) in [6, 6.07) is 13.2. The Morgan fingerprint density at radius 3 is 2.50 bits per heavy atom. The zero-order valence-corrected chi connectivity index (χ0v) is 17.6. The predicted octanol–water partition coefficient (Wildman–Crippen LogP) is 2.94. The minimum atomic E-state index is -0.107. The lowest BCUT2D eigenvalue weighted by molar-refractivity contribution is -0.116. The van der Waals surface area contributed by atoms with Gasteiger partial charge >= 0.3 is 0 Å². The number of carbonyl (C=O) groups excluding carboxylic acids is 1. The minimum Gasteiger partial charge on any atom is -0.493 e. The minimum absolute atomic E-state index is 0.107. The lowest BCUT2D eigenvalue weighted by Crippen LogP contribution is -2.33. The normalized spacial score (nSPS) is 11.0. The van der Waals surface area contributed by atoms with E-state index < -0.39 is 0 Å². The molecule has 0 heterocycles. The third-order valence-corrected chi connectivity index (χ3v) is 4.45. The summed E-state index contributed by atoms with van der Waals surface area (Å²) < 4.78 is 11.5. The van der Waals surface area contributed by atoms with Gasteiger partial charge in [0.05, 0.1) is 20.8 Å². The van der Waals surface area contributed by atoms with Crippen LogP contribution < -0.4 is 25.8 Å². The number of nitrogens with zero attached hydrogens (tertiary/aromatic N) is 1. The number of nitrogens with two attached hydrogens (primary N) is 1. The zero-order chi connectivity index (χ0) is 20.4. The van der Waals surface area contributed by atoms with Crippen LogP contribution in [0.2, 0.25) is 0 Å². The molecule has 2 aromatic carbocycles. The molecule has 7 nitrogen and oxygen atoms in total. The van der Waals surface area contributed by atoms with Gasteiger partial charge in [-0.1, -0.05) is 22.0 Å². The van der Waals surface area contributed by atoms with Crippen molar-refractivity contribution in [3.8, 4) is 11.5 Å². The first-order valence-electron chi connectivity index (χ1n) is 8.82. The summed E-state index contributed by atoms with van der Waals surface area (Å²) in [6.45, 7) is 0.938. The Kier molecular flexibility index (Phi) is 8.61. The van der Waals surface area contributed by atoms with E-state index in [1.807, 2.05) is 42.5 Å². The third kappa shape index (κ3) is 7.11. The molecule has 0 radical (unpaired) electrons. The van der Waals surface area contributed by atoms with Crippen LogP contribution in [0.5, 0.6) is 11.5 Å². The van der Waals surface area contributed by atoms with Crippen LogP contribution >= 0.6 is 15.9 Å². The monoisotopic (exact) mass is 448 g/mol. The molecule has 0 aliphatic carbocycles. The maximum atomic E-state index is 11.9. The van der Waals surface area contributed by atoms with E-state index in [0.29, 0.717) is 30.5 Å². The molecule has 28 heavy (non-hydrogen) atoms. The molecule has 0 aromatic heterocycles. The van der Waals surface area contributed by atoms with Gasteiger partial charge in [-0.2, -0.15) is 0 Å². The number of rotatable bonds is 9. The second-order valence-corrected chi connectivity index (χ2v) is 6.85. The number of benzene rings is 2. The molecule has 150 valence electrons. The number of anilines is 1. The van der Waals surface area contributed by atoms with Crippen LogP contribution in [0, 0.1) is 0 Å². The summed E-state index contributed by atoms with van der Waals surface area (Å²) in [5.41, 5.74) is 7.69. The van der Waals surface area contributed by atoms with Gasteiger partial charge in [0.25, 0.3) is 0 Å². The Labute approximate surface area is 173 Å². The van der Waals surface area contributed by atoms with Gasteiger partial charge in [0.1, 0.15) is 0 Å². The van der Waals surface area contributed by atoms with Gasteiger partial charge in [-0.05, 0) is 48.4 Å². The van der Waals surface area contributed by atoms with Gasteiger partial charge in [0.15, 0.2) is 17.5 Å². The molecule has 1 amide bonds. The molecule has 0 saturated carbocycles. The molecule has 0 spiro atoms. The van der Waals surface area contributed by atoms with Gasteiger partial charge in [0.2, 0.25) is 5.91 Å². The van der Waals surface area contributed by atoms with E-state index in [1.165, 1.54) is 0 Å². The first-order chi connectivity index (χ1) is 13.5. The maximum absolute atomic E-state index is 11.9. The van der Waals surface area contributed by atoms with E-state index >= 15 is 0 Å². The fourth-order valence-corrected chi connectivity index (χ4v) is 2.73. The lowest BCUT2D eigenvalue weighted by Gasteiger charge is -2.10. The van der Waals surface area contributed by atoms with Crippen molar-refractivity contribution in [1.82, 2.24) is 5.32 Å². The fraction of sp³-hybridized carbons (Fsp3) is 0.300. The molecule has 0 atom stereocenters. The third-order valence-electron chi connectivity index (χ3n) is 3.92. The Morgan fingerprint density at radius 2 is 1.82 bits per heavy atom. The summed E-state index contributed by atoms with van der Waals surface area (Å²) >= 11 is 3.36. The Morgan fingerprint density at radius 1 is 1.11 bits per heavy atom. The Hall–Kier alpha value is -2.74. The van der Waals surface area contributed by atoms with E-state index in [0.717, 1.165) is 22.1 Å². The number of nitrogens with one attached hydrogen (secondary N) is 2. The molecule has 2 aromatic rings. The molecule has 0 aliphatic rings. The second kappa shape index (κ2) is 11.2. The van der Waals surface area contributed by atoms with Crippen LogP contribution in [-0.2, 0) is 11.2 Å². The highest BCUT2D eigenvalue weighted by Crippen LogP contribution is 2.27. The van der Waals surface area contributed by atoms with E-state index in [4.69, 9.17) is 15.2 Å². The Bertz CT molecular complexity index is 810. The van der Waals surface area contributed by atoms with E-state index in [1.54, 1.807) is 14.2 Å². The highest BCUT2D eigenvalue weighted by atomic mass is 79.9. The van der Waals surface area contributed by atoms with Crippen LogP contribution in [0.15, 0.2) is 51.9 Å².